The Bertz CT molecular complexity index is 777. The molecule has 0 atom stereocenters. The highest BCUT2D eigenvalue weighted by atomic mass is 16.5. The van der Waals surface area contributed by atoms with E-state index in [1.807, 2.05) is 6.92 Å². The molecular weight excluding hydrogens is 262 g/mol. The molecule has 0 fully saturated rings. The van der Waals surface area contributed by atoms with Gasteiger partial charge >= 0.3 is 5.97 Å². The second kappa shape index (κ2) is 4.57. The van der Waals surface area contributed by atoms with Crippen molar-refractivity contribution in [2.45, 2.75) is 6.92 Å². The van der Waals surface area contributed by atoms with Crippen LogP contribution in [0.5, 0.6) is 0 Å². The van der Waals surface area contributed by atoms with E-state index in [2.05, 4.69) is 25.1 Å². The third-order valence-electron chi connectivity index (χ3n) is 2.74. The minimum absolute atomic E-state index is 0.0751. The molecule has 0 saturated carbocycles. The highest BCUT2D eigenvalue weighted by Gasteiger charge is 2.20. The van der Waals surface area contributed by atoms with Gasteiger partial charge in [0.2, 0.25) is 5.82 Å². The van der Waals surface area contributed by atoms with E-state index in [0.29, 0.717) is 5.82 Å². The molecule has 3 aromatic rings. The van der Waals surface area contributed by atoms with E-state index in [9.17, 15) is 4.79 Å². The Morgan fingerprint density at radius 3 is 3.05 bits per heavy atom. The highest BCUT2D eigenvalue weighted by molar-refractivity contribution is 5.91. The predicted molar refractivity (Wildman–Crippen MR) is 66.8 cm³/mol. The molecule has 0 unspecified atom stereocenters. The zero-order chi connectivity index (χ0) is 14.1. The van der Waals surface area contributed by atoms with Crippen LogP contribution in [-0.4, -0.2) is 36.2 Å². The second-order valence-corrected chi connectivity index (χ2v) is 4.05. The van der Waals surface area contributed by atoms with E-state index in [4.69, 9.17) is 9.63 Å². The minimum atomic E-state index is -1.17. The van der Waals surface area contributed by atoms with E-state index in [1.54, 1.807) is 18.5 Å². The molecule has 0 aliphatic rings. The summed E-state index contributed by atoms with van der Waals surface area (Å²) in [5.74, 6) is -0.724. The third-order valence-corrected chi connectivity index (χ3v) is 2.74. The van der Waals surface area contributed by atoms with Gasteiger partial charge in [0.25, 0.3) is 5.89 Å². The molecule has 0 aliphatic heterocycles. The van der Waals surface area contributed by atoms with Crippen molar-refractivity contribution in [2.24, 2.45) is 0 Å². The van der Waals surface area contributed by atoms with E-state index in [0.717, 1.165) is 11.1 Å². The first-order valence-corrected chi connectivity index (χ1v) is 5.68. The number of aryl methyl sites for hydroxylation is 1. The van der Waals surface area contributed by atoms with Crippen LogP contribution < -0.4 is 0 Å². The van der Waals surface area contributed by atoms with Crippen molar-refractivity contribution in [2.75, 3.05) is 0 Å². The number of nitrogens with one attached hydrogen (secondary N) is 1. The van der Waals surface area contributed by atoms with E-state index in [-0.39, 0.29) is 17.3 Å². The van der Waals surface area contributed by atoms with Gasteiger partial charge in [-0.2, -0.15) is 4.98 Å². The molecule has 0 bridgehead atoms. The summed E-state index contributed by atoms with van der Waals surface area (Å²) in [5.41, 5.74) is 1.68. The standard InChI is InChI=1S/C12H9N5O3/c1-6-4-13-3-2-7(6)10-16-11(20-17-10)8-9(12(18)19)15-5-14-8/h2-5H,1H3,(H,14,15)(H,18,19). The molecular formula is C12H9N5O3. The molecule has 0 aliphatic carbocycles. The van der Waals surface area contributed by atoms with Crippen LogP contribution in [0.25, 0.3) is 23.0 Å². The maximum absolute atomic E-state index is 11.0. The average Bonchev–Trinajstić information content (AvgIpc) is 3.07. The van der Waals surface area contributed by atoms with Crippen LogP contribution in [0.15, 0.2) is 29.3 Å². The quantitative estimate of drug-likeness (QED) is 0.741. The molecule has 3 aromatic heterocycles. The molecule has 20 heavy (non-hydrogen) atoms. The van der Waals surface area contributed by atoms with Crippen molar-refractivity contribution in [3.05, 3.63) is 36.0 Å². The van der Waals surface area contributed by atoms with E-state index in [1.165, 1.54) is 6.33 Å². The molecule has 100 valence electrons. The average molecular weight is 271 g/mol. The lowest BCUT2D eigenvalue weighted by atomic mass is 10.1. The summed E-state index contributed by atoms with van der Waals surface area (Å²) >= 11 is 0. The lowest BCUT2D eigenvalue weighted by Crippen LogP contribution is -1.99. The van der Waals surface area contributed by atoms with E-state index >= 15 is 0 Å². The molecule has 0 radical (unpaired) electrons. The Morgan fingerprint density at radius 1 is 1.45 bits per heavy atom. The van der Waals surface area contributed by atoms with Crippen LogP contribution in [0.4, 0.5) is 0 Å². The first-order valence-electron chi connectivity index (χ1n) is 5.68. The molecule has 0 spiro atoms. The van der Waals surface area contributed by atoms with Gasteiger partial charge < -0.3 is 14.6 Å². The molecule has 0 saturated heterocycles. The number of aromatic nitrogens is 5. The lowest BCUT2D eigenvalue weighted by molar-refractivity contribution is 0.0691. The summed E-state index contributed by atoms with van der Waals surface area (Å²) in [7, 11) is 0. The fourth-order valence-electron chi connectivity index (χ4n) is 1.78. The molecule has 0 aromatic carbocycles. The molecule has 0 amide bonds. The Morgan fingerprint density at radius 2 is 2.30 bits per heavy atom. The van der Waals surface area contributed by atoms with Crippen LogP contribution in [-0.2, 0) is 0 Å². The lowest BCUT2D eigenvalue weighted by Gasteiger charge is -1.97. The molecule has 8 heteroatoms. The number of carbonyl (C=O) groups is 1. The van der Waals surface area contributed by atoms with Gasteiger partial charge in [-0.1, -0.05) is 5.16 Å². The van der Waals surface area contributed by atoms with Gasteiger partial charge in [-0.05, 0) is 18.6 Å². The maximum atomic E-state index is 11.0. The summed E-state index contributed by atoms with van der Waals surface area (Å²) in [6.07, 6.45) is 4.57. The van der Waals surface area contributed by atoms with Crippen molar-refractivity contribution >= 4 is 5.97 Å². The SMILES string of the molecule is Cc1cnccc1-c1noc(-c2[nH]cnc2C(=O)O)n1. The van der Waals surface area contributed by atoms with Gasteiger partial charge in [0.05, 0.1) is 6.33 Å². The molecule has 3 rings (SSSR count). The number of hydrogen-bond donors (Lipinski definition) is 2. The van der Waals surface area contributed by atoms with Gasteiger partial charge in [-0.15, -0.1) is 0 Å². The summed E-state index contributed by atoms with van der Waals surface area (Å²) in [6.45, 7) is 1.87. The number of H-pyrrole nitrogens is 1. The van der Waals surface area contributed by atoms with Crippen LogP contribution in [0.1, 0.15) is 16.1 Å². The number of aromatic amines is 1. The van der Waals surface area contributed by atoms with Crippen LogP contribution in [0.3, 0.4) is 0 Å². The summed E-state index contributed by atoms with van der Waals surface area (Å²) in [6, 6.07) is 1.76. The smallest absolute Gasteiger partial charge is 0.356 e. The fraction of sp³-hybridized carbons (Fsp3) is 0.0833. The largest absolute Gasteiger partial charge is 0.476 e. The molecule has 3 heterocycles. The first-order chi connectivity index (χ1) is 9.66. The topological polar surface area (TPSA) is 118 Å². The molecule has 2 N–H and O–H groups in total. The Hall–Kier alpha value is -3.03. The van der Waals surface area contributed by atoms with Gasteiger partial charge in [0, 0.05) is 18.0 Å². The zero-order valence-electron chi connectivity index (χ0n) is 10.4. The minimum Gasteiger partial charge on any atom is -0.476 e. The monoisotopic (exact) mass is 271 g/mol. The summed E-state index contributed by atoms with van der Waals surface area (Å²) in [4.78, 5) is 25.6. The number of nitrogens with zero attached hydrogens (tertiary/aromatic N) is 4. The van der Waals surface area contributed by atoms with Gasteiger partial charge in [0.1, 0.15) is 5.69 Å². The Balaban J connectivity index is 2.05. The van der Waals surface area contributed by atoms with Crippen molar-refractivity contribution in [1.82, 2.24) is 25.1 Å². The number of hydrogen-bond acceptors (Lipinski definition) is 6. The van der Waals surface area contributed by atoms with Crippen molar-refractivity contribution in [3.63, 3.8) is 0 Å². The van der Waals surface area contributed by atoms with Crippen LogP contribution in [0.2, 0.25) is 0 Å². The van der Waals surface area contributed by atoms with Crippen molar-refractivity contribution in [3.8, 4) is 23.0 Å². The molecule has 8 nitrogen and oxygen atoms in total. The van der Waals surface area contributed by atoms with E-state index < -0.39 is 5.97 Å². The van der Waals surface area contributed by atoms with Crippen molar-refractivity contribution in [1.29, 1.82) is 0 Å². The number of rotatable bonds is 3. The van der Waals surface area contributed by atoms with Crippen LogP contribution >= 0.6 is 0 Å². The second-order valence-electron chi connectivity index (χ2n) is 4.05. The fourth-order valence-corrected chi connectivity index (χ4v) is 1.78. The van der Waals surface area contributed by atoms with Gasteiger partial charge in [-0.3, -0.25) is 4.98 Å². The highest BCUT2D eigenvalue weighted by Crippen LogP contribution is 2.24. The Labute approximate surface area is 112 Å². The normalized spacial score (nSPS) is 10.7. The van der Waals surface area contributed by atoms with Crippen LogP contribution in [0, 0.1) is 6.92 Å². The van der Waals surface area contributed by atoms with Gasteiger partial charge in [0.15, 0.2) is 5.69 Å². The maximum Gasteiger partial charge on any atom is 0.356 e. The summed E-state index contributed by atoms with van der Waals surface area (Å²) < 4.78 is 5.09. The predicted octanol–water partition coefficient (Wildman–Crippen LogP) is 1.53. The van der Waals surface area contributed by atoms with Gasteiger partial charge in [-0.25, -0.2) is 9.78 Å². The number of carboxylic acids is 1. The summed E-state index contributed by atoms with van der Waals surface area (Å²) in [5, 5.41) is 12.9. The Kier molecular flexibility index (Phi) is 2.75. The number of aromatic carboxylic acids is 1. The third kappa shape index (κ3) is 1.92. The zero-order valence-corrected chi connectivity index (χ0v) is 10.4. The number of imidazole rings is 1. The number of carboxylic acid groups (broad SMARTS) is 1. The number of pyridine rings is 1. The van der Waals surface area contributed by atoms with Crippen molar-refractivity contribution < 1.29 is 14.4 Å². The first kappa shape index (κ1) is 12.0.